The van der Waals surface area contributed by atoms with Gasteiger partial charge in [0.1, 0.15) is 11.4 Å². The van der Waals surface area contributed by atoms with E-state index in [9.17, 15) is 4.79 Å². The summed E-state index contributed by atoms with van der Waals surface area (Å²) in [4.78, 5) is 20.4. The molecular weight excluding hydrogens is 424 g/mol. The predicted octanol–water partition coefficient (Wildman–Crippen LogP) is 5.27. The van der Waals surface area contributed by atoms with Gasteiger partial charge in [0.2, 0.25) is 0 Å². The van der Waals surface area contributed by atoms with Crippen LogP contribution in [0.4, 0.5) is 0 Å². The van der Waals surface area contributed by atoms with Gasteiger partial charge < -0.3 is 0 Å². The van der Waals surface area contributed by atoms with Crippen LogP contribution in [0.15, 0.2) is 53.5 Å². The molecule has 34 heavy (non-hydrogen) atoms. The molecule has 1 aromatic heterocycles. The van der Waals surface area contributed by atoms with Crippen molar-refractivity contribution in [1.82, 2.24) is 25.1 Å². The average Bonchev–Trinajstić information content (AvgIpc) is 3.60. The molecule has 176 valence electrons. The molecule has 0 bridgehead atoms. The topological polar surface area (TPSA) is 76.3 Å². The van der Waals surface area contributed by atoms with Crippen LogP contribution in [-0.4, -0.2) is 42.4 Å². The first-order chi connectivity index (χ1) is 16.6. The predicted molar refractivity (Wildman–Crippen MR) is 133 cm³/mol. The summed E-state index contributed by atoms with van der Waals surface area (Å²) in [6.07, 6.45) is 7.02. The molecule has 1 aliphatic carbocycles. The van der Waals surface area contributed by atoms with E-state index in [1.54, 1.807) is 0 Å². The van der Waals surface area contributed by atoms with Crippen molar-refractivity contribution in [3.63, 3.8) is 0 Å². The molecule has 5 rings (SSSR count). The van der Waals surface area contributed by atoms with Crippen LogP contribution in [0.1, 0.15) is 64.4 Å². The third-order valence-electron chi connectivity index (χ3n) is 7.09. The quantitative estimate of drug-likeness (QED) is 0.463. The number of carbonyl (C=O) groups is 1. The van der Waals surface area contributed by atoms with Crippen LogP contribution in [0.25, 0.3) is 22.5 Å². The molecule has 3 aromatic rings. The first-order valence-corrected chi connectivity index (χ1v) is 12.5. The van der Waals surface area contributed by atoms with Crippen LogP contribution in [0, 0.1) is 0 Å². The molecule has 1 amide bonds. The van der Waals surface area contributed by atoms with Crippen LogP contribution < -0.4 is 0 Å². The summed E-state index contributed by atoms with van der Waals surface area (Å²) in [6, 6.07) is 16.7. The van der Waals surface area contributed by atoms with Crippen molar-refractivity contribution in [2.24, 2.45) is 4.99 Å². The fourth-order valence-electron chi connectivity index (χ4n) is 5.21. The smallest absolute Gasteiger partial charge is 0.256 e. The molecule has 2 aromatic carbocycles. The molecule has 0 saturated heterocycles. The monoisotopic (exact) mass is 456 g/mol. The van der Waals surface area contributed by atoms with E-state index in [1.165, 1.54) is 0 Å². The minimum absolute atomic E-state index is 0.205. The number of aryl methyl sites for hydroxylation is 1. The lowest BCUT2D eigenvalue weighted by molar-refractivity contribution is -0.131. The van der Waals surface area contributed by atoms with Gasteiger partial charge in [-0.25, -0.2) is 4.68 Å². The van der Waals surface area contributed by atoms with Crippen molar-refractivity contribution in [3.8, 4) is 22.5 Å². The summed E-state index contributed by atoms with van der Waals surface area (Å²) < 4.78 is 1.81. The molecule has 1 spiro atoms. The van der Waals surface area contributed by atoms with Gasteiger partial charge in [-0.1, -0.05) is 74.7 Å². The highest BCUT2D eigenvalue weighted by Gasteiger charge is 2.49. The van der Waals surface area contributed by atoms with Crippen molar-refractivity contribution in [1.29, 1.82) is 0 Å². The van der Waals surface area contributed by atoms with Crippen molar-refractivity contribution < 1.29 is 4.79 Å². The molecule has 1 fully saturated rings. The number of rotatable bonds is 8. The van der Waals surface area contributed by atoms with Gasteiger partial charge in [0.25, 0.3) is 5.91 Å². The number of hydrogen-bond acceptors (Lipinski definition) is 5. The SMILES string of the molecule is CCCCC1=NC2(CCCC2)C(=O)N1Cc1ccc(-c2ccccc2-c2nnnn2CC)cc1. The fourth-order valence-corrected chi connectivity index (χ4v) is 5.21. The lowest BCUT2D eigenvalue weighted by Crippen LogP contribution is -2.40. The summed E-state index contributed by atoms with van der Waals surface area (Å²) in [5.41, 5.74) is 3.84. The summed E-state index contributed by atoms with van der Waals surface area (Å²) in [7, 11) is 0. The van der Waals surface area contributed by atoms with Gasteiger partial charge >= 0.3 is 0 Å². The summed E-state index contributed by atoms with van der Waals surface area (Å²) in [5.74, 6) is 1.95. The Bertz CT molecular complexity index is 1190. The molecule has 1 saturated carbocycles. The Balaban J connectivity index is 1.39. The van der Waals surface area contributed by atoms with Crippen molar-refractivity contribution >= 4 is 11.7 Å². The molecule has 2 aliphatic rings. The van der Waals surface area contributed by atoms with E-state index in [1.807, 2.05) is 28.6 Å². The first-order valence-electron chi connectivity index (χ1n) is 12.5. The molecule has 0 atom stereocenters. The number of amidine groups is 1. The average molecular weight is 457 g/mol. The van der Waals surface area contributed by atoms with E-state index in [0.29, 0.717) is 13.1 Å². The number of aliphatic imine (C=N–C) groups is 1. The van der Waals surface area contributed by atoms with Crippen LogP contribution in [0.2, 0.25) is 0 Å². The molecule has 7 nitrogen and oxygen atoms in total. The maximum atomic E-state index is 13.4. The Morgan fingerprint density at radius 1 is 0.971 bits per heavy atom. The van der Waals surface area contributed by atoms with Crippen LogP contribution in [-0.2, 0) is 17.9 Å². The Kier molecular flexibility index (Phi) is 6.26. The van der Waals surface area contributed by atoms with Gasteiger partial charge in [0, 0.05) is 18.5 Å². The standard InChI is InChI=1S/C27H32N6O/c1-3-5-12-24-28-27(17-8-9-18-27)26(34)32(24)19-20-13-15-21(16-14-20)22-10-6-7-11-23(22)25-29-30-31-33(25)4-2/h6-7,10-11,13-16H,3-5,8-9,12,17-19H2,1-2H3. The Labute approximate surface area is 200 Å². The summed E-state index contributed by atoms with van der Waals surface area (Å²) >= 11 is 0. The Hall–Kier alpha value is -3.35. The summed E-state index contributed by atoms with van der Waals surface area (Å²) in [5, 5.41) is 12.2. The van der Waals surface area contributed by atoms with Crippen molar-refractivity contribution in [2.45, 2.75) is 77.4 Å². The lowest BCUT2D eigenvalue weighted by Gasteiger charge is -2.23. The Morgan fingerprint density at radius 2 is 1.71 bits per heavy atom. The van der Waals surface area contributed by atoms with Crippen molar-refractivity contribution in [2.75, 3.05) is 0 Å². The number of aromatic nitrogens is 4. The van der Waals surface area contributed by atoms with E-state index in [2.05, 4.69) is 58.8 Å². The first kappa shape index (κ1) is 22.4. The van der Waals surface area contributed by atoms with Gasteiger partial charge in [-0.05, 0) is 53.3 Å². The van der Waals surface area contributed by atoms with Crippen LogP contribution >= 0.6 is 0 Å². The minimum atomic E-state index is -0.481. The van der Waals surface area contributed by atoms with E-state index in [-0.39, 0.29) is 5.91 Å². The molecular formula is C27H32N6O. The zero-order chi connectivity index (χ0) is 23.5. The van der Waals surface area contributed by atoms with E-state index in [0.717, 1.165) is 78.9 Å². The van der Waals surface area contributed by atoms with Crippen LogP contribution in [0.5, 0.6) is 0 Å². The second-order valence-electron chi connectivity index (χ2n) is 9.32. The molecule has 0 N–H and O–H groups in total. The van der Waals surface area contributed by atoms with Gasteiger partial charge in [0.15, 0.2) is 5.82 Å². The minimum Gasteiger partial charge on any atom is -0.294 e. The molecule has 2 heterocycles. The fraction of sp³-hybridized carbons (Fsp3) is 0.444. The zero-order valence-corrected chi connectivity index (χ0v) is 20.1. The normalized spacial score (nSPS) is 17.1. The highest BCUT2D eigenvalue weighted by atomic mass is 16.2. The number of nitrogens with zero attached hydrogens (tertiary/aromatic N) is 6. The summed E-state index contributed by atoms with van der Waals surface area (Å²) in [6.45, 7) is 5.51. The number of carbonyl (C=O) groups excluding carboxylic acids is 1. The zero-order valence-electron chi connectivity index (χ0n) is 20.1. The molecule has 0 unspecified atom stereocenters. The van der Waals surface area contributed by atoms with Crippen LogP contribution in [0.3, 0.4) is 0 Å². The van der Waals surface area contributed by atoms with Gasteiger partial charge in [0.05, 0.1) is 6.54 Å². The maximum Gasteiger partial charge on any atom is 0.256 e. The van der Waals surface area contributed by atoms with E-state index < -0.39 is 5.54 Å². The molecule has 7 heteroatoms. The second kappa shape index (κ2) is 9.49. The number of amides is 1. The number of unbranched alkanes of at least 4 members (excludes halogenated alkanes) is 1. The lowest BCUT2D eigenvalue weighted by atomic mass is 9.97. The third kappa shape index (κ3) is 4.04. The highest BCUT2D eigenvalue weighted by molar-refractivity contribution is 6.08. The van der Waals surface area contributed by atoms with E-state index in [4.69, 9.17) is 4.99 Å². The molecule has 0 radical (unpaired) electrons. The van der Waals surface area contributed by atoms with E-state index >= 15 is 0 Å². The van der Waals surface area contributed by atoms with Gasteiger partial charge in [-0.15, -0.1) is 5.10 Å². The van der Waals surface area contributed by atoms with Gasteiger partial charge in [-0.2, -0.15) is 0 Å². The highest BCUT2D eigenvalue weighted by Crippen LogP contribution is 2.40. The van der Waals surface area contributed by atoms with Crippen molar-refractivity contribution in [3.05, 3.63) is 54.1 Å². The van der Waals surface area contributed by atoms with Gasteiger partial charge in [-0.3, -0.25) is 14.7 Å². The maximum absolute atomic E-state index is 13.4. The number of benzene rings is 2. The molecule has 1 aliphatic heterocycles. The third-order valence-corrected chi connectivity index (χ3v) is 7.09. The number of hydrogen-bond donors (Lipinski definition) is 0. The largest absolute Gasteiger partial charge is 0.294 e. The number of tetrazole rings is 1. The second-order valence-corrected chi connectivity index (χ2v) is 9.32. The Morgan fingerprint density at radius 3 is 2.41 bits per heavy atom.